The molecule has 29 heavy (non-hydrogen) atoms. The second kappa shape index (κ2) is 6.62. The zero-order valence-electron chi connectivity index (χ0n) is 17.1. The van der Waals surface area contributed by atoms with Gasteiger partial charge in [-0.25, -0.2) is 0 Å². The largest absolute Gasteiger partial charge is 0.367 e. The third-order valence-electron chi connectivity index (χ3n) is 7.99. The van der Waals surface area contributed by atoms with Crippen LogP contribution in [0.25, 0.3) is 0 Å². The molecule has 0 saturated heterocycles. The van der Waals surface area contributed by atoms with Crippen LogP contribution >= 0.6 is 0 Å². The summed E-state index contributed by atoms with van der Waals surface area (Å²) in [5.41, 5.74) is 4.97. The van der Waals surface area contributed by atoms with Crippen LogP contribution in [-0.4, -0.2) is 18.0 Å². The van der Waals surface area contributed by atoms with E-state index in [1.54, 1.807) is 0 Å². The third kappa shape index (κ3) is 3.15. The average Bonchev–Trinajstić information content (AvgIpc) is 3.10. The van der Waals surface area contributed by atoms with E-state index < -0.39 is 0 Å². The molecule has 7 rings (SSSR count). The number of carbonyl (C=O) groups is 1. The summed E-state index contributed by atoms with van der Waals surface area (Å²) >= 11 is 0. The molecular formula is C26H30N2O. The SMILES string of the molecule is O=C(NC12CC3CC(CC(C3)C1)C2)c1ccc(CN2CCc3ccccc32)cc1. The number of benzene rings is 2. The molecule has 4 aliphatic carbocycles. The maximum Gasteiger partial charge on any atom is 0.251 e. The highest BCUT2D eigenvalue weighted by Crippen LogP contribution is 2.55. The Kier molecular flexibility index (Phi) is 4.01. The summed E-state index contributed by atoms with van der Waals surface area (Å²) in [6.45, 7) is 1.99. The Morgan fingerprint density at radius 3 is 2.28 bits per heavy atom. The quantitative estimate of drug-likeness (QED) is 0.806. The Labute approximate surface area is 173 Å². The first-order valence-electron chi connectivity index (χ1n) is 11.4. The normalized spacial score (nSPS) is 31.7. The molecule has 2 aromatic rings. The van der Waals surface area contributed by atoms with Crippen LogP contribution in [0.5, 0.6) is 0 Å². The Morgan fingerprint density at radius 1 is 0.931 bits per heavy atom. The van der Waals surface area contributed by atoms with Crippen molar-refractivity contribution >= 4 is 11.6 Å². The molecule has 5 aliphatic rings. The molecule has 4 bridgehead atoms. The van der Waals surface area contributed by atoms with E-state index >= 15 is 0 Å². The molecule has 1 N–H and O–H groups in total. The van der Waals surface area contributed by atoms with Crippen molar-refractivity contribution in [3.63, 3.8) is 0 Å². The van der Waals surface area contributed by atoms with E-state index in [1.807, 2.05) is 12.1 Å². The number of amides is 1. The Morgan fingerprint density at radius 2 is 1.59 bits per heavy atom. The molecule has 150 valence electrons. The number of para-hydroxylation sites is 1. The highest BCUT2D eigenvalue weighted by atomic mass is 16.1. The van der Waals surface area contributed by atoms with Gasteiger partial charge >= 0.3 is 0 Å². The van der Waals surface area contributed by atoms with Crippen LogP contribution in [0.2, 0.25) is 0 Å². The summed E-state index contributed by atoms with van der Waals surface area (Å²) in [5, 5.41) is 3.50. The first-order valence-corrected chi connectivity index (χ1v) is 11.4. The summed E-state index contributed by atoms with van der Waals surface area (Å²) in [6.07, 6.45) is 8.96. The van der Waals surface area contributed by atoms with Crippen molar-refractivity contribution in [3.8, 4) is 0 Å². The highest BCUT2D eigenvalue weighted by molar-refractivity contribution is 5.94. The molecule has 3 heteroatoms. The number of rotatable bonds is 4. The van der Waals surface area contributed by atoms with Crippen LogP contribution in [0.3, 0.4) is 0 Å². The van der Waals surface area contributed by atoms with E-state index in [2.05, 4.69) is 46.6 Å². The number of anilines is 1. The van der Waals surface area contributed by atoms with Gasteiger partial charge in [-0.1, -0.05) is 30.3 Å². The number of hydrogen-bond donors (Lipinski definition) is 1. The second-order valence-corrected chi connectivity index (χ2v) is 10.1. The van der Waals surface area contributed by atoms with Gasteiger partial charge in [-0.2, -0.15) is 0 Å². The van der Waals surface area contributed by atoms with Gasteiger partial charge in [0.1, 0.15) is 0 Å². The van der Waals surface area contributed by atoms with Crippen molar-refractivity contribution in [3.05, 3.63) is 65.2 Å². The lowest BCUT2D eigenvalue weighted by atomic mass is 9.53. The first kappa shape index (κ1) is 17.6. The van der Waals surface area contributed by atoms with Crippen LogP contribution in [0.1, 0.15) is 60.0 Å². The van der Waals surface area contributed by atoms with E-state index in [0.717, 1.165) is 42.8 Å². The molecule has 1 amide bonds. The predicted octanol–water partition coefficient (Wildman–Crippen LogP) is 4.95. The Hall–Kier alpha value is -2.29. The average molecular weight is 387 g/mol. The van der Waals surface area contributed by atoms with Crippen molar-refractivity contribution in [1.82, 2.24) is 5.32 Å². The van der Waals surface area contributed by atoms with E-state index in [0.29, 0.717) is 0 Å². The van der Waals surface area contributed by atoms with Crippen LogP contribution in [0, 0.1) is 17.8 Å². The highest BCUT2D eigenvalue weighted by Gasteiger charge is 2.51. The van der Waals surface area contributed by atoms with E-state index in [4.69, 9.17) is 0 Å². The lowest BCUT2D eigenvalue weighted by molar-refractivity contribution is -0.0167. The van der Waals surface area contributed by atoms with E-state index in [9.17, 15) is 4.79 Å². The minimum atomic E-state index is 0.0871. The van der Waals surface area contributed by atoms with Gasteiger partial charge in [0.25, 0.3) is 5.91 Å². The monoisotopic (exact) mass is 386 g/mol. The Balaban J connectivity index is 1.13. The minimum Gasteiger partial charge on any atom is -0.367 e. The minimum absolute atomic E-state index is 0.0871. The molecule has 4 fully saturated rings. The molecule has 1 heterocycles. The number of hydrogen-bond acceptors (Lipinski definition) is 2. The molecule has 1 aliphatic heterocycles. The molecule has 0 atom stereocenters. The van der Waals surface area contributed by atoms with Gasteiger partial charge in [-0.3, -0.25) is 4.79 Å². The molecular weight excluding hydrogens is 356 g/mol. The second-order valence-electron chi connectivity index (χ2n) is 10.1. The number of fused-ring (bicyclic) bond motifs is 1. The topological polar surface area (TPSA) is 32.3 Å². The van der Waals surface area contributed by atoms with Crippen molar-refractivity contribution in [2.45, 2.75) is 57.0 Å². The fraction of sp³-hybridized carbons (Fsp3) is 0.500. The lowest BCUT2D eigenvalue weighted by Gasteiger charge is -2.56. The van der Waals surface area contributed by atoms with Crippen molar-refractivity contribution in [2.75, 3.05) is 11.4 Å². The van der Waals surface area contributed by atoms with Crippen molar-refractivity contribution in [2.24, 2.45) is 17.8 Å². The van der Waals surface area contributed by atoms with E-state index in [1.165, 1.54) is 55.3 Å². The summed E-state index contributed by atoms with van der Waals surface area (Å²) in [6, 6.07) is 17.0. The van der Waals surface area contributed by atoms with Crippen LogP contribution in [-0.2, 0) is 13.0 Å². The maximum atomic E-state index is 13.0. The van der Waals surface area contributed by atoms with Gasteiger partial charge in [-0.05, 0) is 92.0 Å². The summed E-state index contributed by atoms with van der Waals surface area (Å²) < 4.78 is 0. The van der Waals surface area contributed by atoms with Gasteiger partial charge in [0.2, 0.25) is 0 Å². The van der Waals surface area contributed by atoms with Gasteiger partial charge in [0.15, 0.2) is 0 Å². The third-order valence-corrected chi connectivity index (χ3v) is 7.99. The maximum absolute atomic E-state index is 13.0. The molecule has 0 unspecified atom stereocenters. The van der Waals surface area contributed by atoms with Gasteiger partial charge < -0.3 is 10.2 Å². The number of nitrogens with zero attached hydrogens (tertiary/aromatic N) is 1. The van der Waals surface area contributed by atoms with Gasteiger partial charge in [0.05, 0.1) is 0 Å². The molecule has 0 spiro atoms. The van der Waals surface area contributed by atoms with Crippen molar-refractivity contribution in [1.29, 1.82) is 0 Å². The van der Waals surface area contributed by atoms with Crippen LogP contribution < -0.4 is 10.2 Å². The lowest BCUT2D eigenvalue weighted by Crippen LogP contribution is -2.59. The summed E-state index contributed by atoms with van der Waals surface area (Å²) in [7, 11) is 0. The molecule has 2 aromatic carbocycles. The van der Waals surface area contributed by atoms with E-state index in [-0.39, 0.29) is 11.4 Å². The fourth-order valence-corrected chi connectivity index (χ4v) is 7.13. The van der Waals surface area contributed by atoms with Gasteiger partial charge in [0, 0.05) is 29.9 Å². The predicted molar refractivity (Wildman–Crippen MR) is 116 cm³/mol. The fourth-order valence-electron chi connectivity index (χ4n) is 7.13. The van der Waals surface area contributed by atoms with Crippen LogP contribution in [0.15, 0.2) is 48.5 Å². The van der Waals surface area contributed by atoms with Crippen molar-refractivity contribution < 1.29 is 4.79 Å². The summed E-state index contributed by atoms with van der Waals surface area (Å²) in [5.74, 6) is 2.69. The first-order chi connectivity index (χ1) is 14.2. The smallest absolute Gasteiger partial charge is 0.251 e. The Bertz CT molecular complexity index is 897. The summed E-state index contributed by atoms with van der Waals surface area (Å²) in [4.78, 5) is 15.5. The molecule has 0 aromatic heterocycles. The number of carbonyl (C=O) groups excluding carboxylic acids is 1. The zero-order chi connectivity index (χ0) is 19.4. The zero-order valence-corrected chi connectivity index (χ0v) is 17.1. The standard InChI is InChI=1S/C26H30N2O/c29-25(27-26-14-19-11-20(15-26)13-21(12-19)16-26)23-7-5-18(6-8-23)17-28-10-9-22-3-1-2-4-24(22)28/h1-8,19-21H,9-17H2,(H,27,29). The number of nitrogens with one attached hydrogen (secondary N) is 1. The molecule has 0 radical (unpaired) electrons. The van der Waals surface area contributed by atoms with Crippen LogP contribution in [0.4, 0.5) is 5.69 Å². The van der Waals surface area contributed by atoms with Gasteiger partial charge in [-0.15, -0.1) is 0 Å². The molecule has 3 nitrogen and oxygen atoms in total. The molecule has 4 saturated carbocycles.